The Morgan fingerprint density at radius 1 is 1.21 bits per heavy atom. The molecule has 0 N–H and O–H groups in total. The standard InChI is InChI=1S/C21H27NOS/c1-2-3-13-18(23)16-21-22(17-11-7-5-4-6-8-12-17)19-14-9-10-15-20(19)24-21/h9-11,14-16H,2-8,12-13H2,1H3/b17-11+,21-16-. The van der Waals surface area contributed by atoms with E-state index >= 15 is 0 Å². The molecule has 1 aliphatic heterocycles. The maximum Gasteiger partial charge on any atom is 0.158 e. The van der Waals surface area contributed by atoms with Crippen LogP contribution in [0.25, 0.3) is 0 Å². The molecule has 2 aliphatic rings. The Labute approximate surface area is 150 Å². The van der Waals surface area contributed by atoms with E-state index in [1.165, 1.54) is 42.0 Å². The maximum absolute atomic E-state index is 12.3. The van der Waals surface area contributed by atoms with Crippen molar-refractivity contribution in [2.24, 2.45) is 0 Å². The van der Waals surface area contributed by atoms with Gasteiger partial charge in [-0.05, 0) is 44.2 Å². The Hall–Kier alpha value is -1.48. The minimum atomic E-state index is 0.253. The fourth-order valence-electron chi connectivity index (χ4n) is 3.33. The molecule has 1 aromatic carbocycles. The summed E-state index contributed by atoms with van der Waals surface area (Å²) in [5.41, 5.74) is 2.62. The molecule has 0 amide bonds. The quantitative estimate of drug-likeness (QED) is 0.575. The van der Waals surface area contributed by atoms with Crippen LogP contribution in [0.1, 0.15) is 64.7 Å². The molecule has 0 fully saturated rings. The second kappa shape index (κ2) is 8.57. The van der Waals surface area contributed by atoms with Gasteiger partial charge in [0.05, 0.1) is 10.7 Å². The normalized spacial score (nSPS) is 21.8. The number of hydrogen-bond acceptors (Lipinski definition) is 3. The number of benzene rings is 1. The van der Waals surface area contributed by atoms with Crippen LogP contribution in [0, 0.1) is 0 Å². The molecule has 0 unspecified atom stereocenters. The van der Waals surface area contributed by atoms with E-state index in [2.05, 4.69) is 42.2 Å². The highest BCUT2D eigenvalue weighted by Gasteiger charge is 2.28. The van der Waals surface area contributed by atoms with E-state index in [9.17, 15) is 4.79 Å². The van der Waals surface area contributed by atoms with Crippen LogP contribution in [0.4, 0.5) is 5.69 Å². The third-order valence-electron chi connectivity index (χ3n) is 4.66. The predicted octanol–water partition coefficient (Wildman–Crippen LogP) is 6.44. The number of fused-ring (bicyclic) bond motifs is 1. The summed E-state index contributed by atoms with van der Waals surface area (Å²) >= 11 is 1.74. The number of hydrogen-bond donors (Lipinski definition) is 0. The van der Waals surface area contributed by atoms with Gasteiger partial charge in [-0.1, -0.05) is 56.2 Å². The minimum Gasteiger partial charge on any atom is -0.307 e. The Balaban J connectivity index is 1.90. The van der Waals surface area contributed by atoms with Crippen LogP contribution in [0.3, 0.4) is 0 Å². The van der Waals surface area contributed by atoms with Crippen LogP contribution in [0.2, 0.25) is 0 Å². The monoisotopic (exact) mass is 341 g/mol. The van der Waals surface area contributed by atoms with Crippen LogP contribution in [-0.2, 0) is 4.79 Å². The molecule has 1 heterocycles. The summed E-state index contributed by atoms with van der Waals surface area (Å²) in [6, 6.07) is 8.52. The Kier molecular flexibility index (Phi) is 6.19. The van der Waals surface area contributed by atoms with Crippen molar-refractivity contribution in [3.8, 4) is 0 Å². The van der Waals surface area contributed by atoms with Gasteiger partial charge in [-0.15, -0.1) is 0 Å². The lowest BCUT2D eigenvalue weighted by Gasteiger charge is -2.25. The number of thioether (sulfide) groups is 1. The first-order valence-electron chi connectivity index (χ1n) is 9.30. The lowest BCUT2D eigenvalue weighted by Crippen LogP contribution is -2.18. The van der Waals surface area contributed by atoms with Crippen molar-refractivity contribution in [3.05, 3.63) is 47.1 Å². The van der Waals surface area contributed by atoms with Gasteiger partial charge < -0.3 is 4.90 Å². The van der Waals surface area contributed by atoms with Gasteiger partial charge in [-0.25, -0.2) is 0 Å². The number of carbonyl (C=O) groups excluding carboxylic acids is 1. The van der Waals surface area contributed by atoms with E-state index in [1.807, 2.05) is 6.08 Å². The van der Waals surface area contributed by atoms with E-state index in [1.54, 1.807) is 11.8 Å². The minimum absolute atomic E-state index is 0.253. The molecular weight excluding hydrogens is 314 g/mol. The van der Waals surface area contributed by atoms with Gasteiger partial charge in [0.25, 0.3) is 0 Å². The van der Waals surface area contributed by atoms with Crippen LogP contribution in [0.5, 0.6) is 0 Å². The van der Waals surface area contributed by atoms with E-state index in [0.717, 1.165) is 30.7 Å². The average Bonchev–Trinajstić information content (AvgIpc) is 2.91. The van der Waals surface area contributed by atoms with Gasteiger partial charge in [0, 0.05) is 23.1 Å². The molecule has 0 radical (unpaired) electrons. The van der Waals surface area contributed by atoms with Gasteiger partial charge in [0.2, 0.25) is 0 Å². The molecule has 3 rings (SSSR count). The summed E-state index contributed by atoms with van der Waals surface area (Å²) in [6.07, 6.45) is 14.4. The number of carbonyl (C=O) groups is 1. The summed E-state index contributed by atoms with van der Waals surface area (Å²) in [6.45, 7) is 2.13. The van der Waals surface area contributed by atoms with Crippen molar-refractivity contribution < 1.29 is 4.79 Å². The third kappa shape index (κ3) is 4.13. The van der Waals surface area contributed by atoms with Crippen LogP contribution >= 0.6 is 11.8 Å². The topological polar surface area (TPSA) is 20.3 Å². The first-order valence-corrected chi connectivity index (χ1v) is 10.1. The van der Waals surface area contributed by atoms with Gasteiger partial charge >= 0.3 is 0 Å². The summed E-state index contributed by atoms with van der Waals surface area (Å²) in [5, 5.41) is 1.09. The second-order valence-electron chi connectivity index (χ2n) is 6.61. The smallest absolute Gasteiger partial charge is 0.158 e. The Morgan fingerprint density at radius 2 is 2.04 bits per heavy atom. The van der Waals surface area contributed by atoms with Crippen molar-refractivity contribution in [2.45, 2.75) is 69.6 Å². The summed E-state index contributed by atoms with van der Waals surface area (Å²) in [5.74, 6) is 0.253. The zero-order chi connectivity index (χ0) is 16.8. The molecule has 0 spiro atoms. The summed E-state index contributed by atoms with van der Waals surface area (Å²) in [7, 11) is 0. The number of ketones is 1. The Bertz CT molecular complexity index is 647. The molecule has 3 heteroatoms. The number of para-hydroxylation sites is 1. The zero-order valence-corrected chi connectivity index (χ0v) is 15.4. The van der Waals surface area contributed by atoms with E-state index in [4.69, 9.17) is 0 Å². The number of allylic oxidation sites excluding steroid dienone is 3. The predicted molar refractivity (Wildman–Crippen MR) is 103 cm³/mol. The van der Waals surface area contributed by atoms with Crippen molar-refractivity contribution in [3.63, 3.8) is 0 Å². The van der Waals surface area contributed by atoms with Crippen LogP contribution < -0.4 is 4.90 Å². The number of unbranched alkanes of at least 4 members (excludes halogenated alkanes) is 1. The van der Waals surface area contributed by atoms with Crippen molar-refractivity contribution in [1.29, 1.82) is 0 Å². The summed E-state index contributed by atoms with van der Waals surface area (Å²) < 4.78 is 0. The molecule has 1 aromatic rings. The first-order chi connectivity index (χ1) is 11.8. The maximum atomic E-state index is 12.3. The molecule has 0 saturated carbocycles. The first kappa shape index (κ1) is 17.3. The number of rotatable bonds is 5. The third-order valence-corrected chi connectivity index (χ3v) is 5.73. The highest BCUT2D eigenvalue weighted by atomic mass is 32.2. The number of anilines is 1. The van der Waals surface area contributed by atoms with E-state index < -0.39 is 0 Å². The van der Waals surface area contributed by atoms with Gasteiger partial charge in [-0.3, -0.25) is 4.79 Å². The van der Waals surface area contributed by atoms with E-state index in [-0.39, 0.29) is 5.78 Å². The molecular formula is C21H27NOS. The SMILES string of the molecule is CCCCC(=O)/C=C1\Sc2ccccc2N1/C1=C/CCCCCC1. The number of nitrogens with zero attached hydrogens (tertiary/aromatic N) is 1. The highest BCUT2D eigenvalue weighted by Crippen LogP contribution is 2.48. The zero-order valence-electron chi connectivity index (χ0n) is 14.6. The summed E-state index contributed by atoms with van der Waals surface area (Å²) in [4.78, 5) is 15.9. The lowest BCUT2D eigenvalue weighted by atomic mass is 10.0. The fourth-order valence-corrected chi connectivity index (χ4v) is 4.47. The van der Waals surface area contributed by atoms with Crippen molar-refractivity contribution in [1.82, 2.24) is 0 Å². The van der Waals surface area contributed by atoms with Crippen molar-refractivity contribution >= 4 is 23.2 Å². The molecule has 0 aromatic heterocycles. The van der Waals surface area contributed by atoms with Gasteiger partial charge in [0.1, 0.15) is 0 Å². The second-order valence-corrected chi connectivity index (χ2v) is 7.67. The van der Waals surface area contributed by atoms with Gasteiger partial charge in [-0.2, -0.15) is 0 Å². The largest absolute Gasteiger partial charge is 0.307 e. The molecule has 0 atom stereocenters. The molecule has 0 saturated heterocycles. The van der Waals surface area contributed by atoms with Crippen molar-refractivity contribution in [2.75, 3.05) is 4.90 Å². The highest BCUT2D eigenvalue weighted by molar-refractivity contribution is 8.03. The van der Waals surface area contributed by atoms with E-state index in [0.29, 0.717) is 6.42 Å². The molecule has 128 valence electrons. The lowest BCUT2D eigenvalue weighted by molar-refractivity contribution is -0.114. The molecule has 24 heavy (non-hydrogen) atoms. The Morgan fingerprint density at radius 3 is 2.92 bits per heavy atom. The fraction of sp³-hybridized carbons (Fsp3) is 0.476. The molecule has 0 bridgehead atoms. The molecule has 1 aliphatic carbocycles. The van der Waals surface area contributed by atoms with Crippen LogP contribution in [-0.4, -0.2) is 5.78 Å². The average molecular weight is 342 g/mol. The van der Waals surface area contributed by atoms with Crippen LogP contribution in [0.15, 0.2) is 52.0 Å². The molecule has 2 nitrogen and oxygen atoms in total. The van der Waals surface area contributed by atoms with Gasteiger partial charge in [0.15, 0.2) is 5.78 Å².